The summed E-state index contributed by atoms with van der Waals surface area (Å²) in [5.74, 6) is -0.814. The fraction of sp³-hybridized carbons (Fsp3) is 0.143. The summed E-state index contributed by atoms with van der Waals surface area (Å²) in [6, 6.07) is 1.24. The Morgan fingerprint density at radius 2 is 2.29 bits per heavy atom. The summed E-state index contributed by atoms with van der Waals surface area (Å²) < 4.78 is 23.7. The maximum atomic E-state index is 11.7. The number of primary amides is 1. The summed E-state index contributed by atoms with van der Waals surface area (Å²) in [6.45, 7) is -0.585. The Morgan fingerprint density at radius 1 is 1.65 bits per heavy atom. The Hall–Kier alpha value is -0.740. The van der Waals surface area contributed by atoms with Crippen LogP contribution in [0.15, 0.2) is 21.6 Å². The van der Waals surface area contributed by atoms with E-state index >= 15 is 0 Å². The third-order valence-corrected chi connectivity index (χ3v) is 3.52. The topological polar surface area (TPSA) is 111 Å². The average molecular weight is 345 g/mol. The van der Waals surface area contributed by atoms with Crippen molar-refractivity contribution in [3.63, 3.8) is 0 Å². The van der Waals surface area contributed by atoms with Crippen molar-refractivity contribution in [1.29, 1.82) is 0 Å². The van der Waals surface area contributed by atoms with Crippen LogP contribution in [0.3, 0.4) is 0 Å². The monoisotopic (exact) mass is 343 g/mol. The lowest BCUT2D eigenvalue weighted by atomic mass is 10.5. The molecule has 0 atom stereocenters. The van der Waals surface area contributed by atoms with E-state index in [1.807, 2.05) is 0 Å². The number of rotatable bonds is 5. The number of carbonyl (C=O) groups excluding carboxylic acids is 1. The van der Waals surface area contributed by atoms with E-state index in [-0.39, 0.29) is 10.0 Å². The molecule has 17 heavy (non-hydrogen) atoms. The molecule has 0 radical (unpaired) electrons. The van der Waals surface area contributed by atoms with E-state index in [0.29, 0.717) is 4.47 Å². The van der Waals surface area contributed by atoms with Crippen molar-refractivity contribution in [2.75, 3.05) is 6.61 Å². The number of aromatic nitrogens is 1. The number of pyridine rings is 1. The molecule has 1 aromatic rings. The highest BCUT2D eigenvalue weighted by molar-refractivity contribution is 9.10. The molecule has 0 aliphatic heterocycles. The zero-order chi connectivity index (χ0) is 13.1. The predicted octanol–water partition coefficient (Wildman–Crippen LogP) is 0.193. The minimum atomic E-state index is -4.01. The first-order valence-corrected chi connectivity index (χ1v) is 6.71. The molecule has 0 aromatic carbocycles. The van der Waals surface area contributed by atoms with Crippen molar-refractivity contribution in [2.24, 2.45) is 5.73 Å². The van der Waals surface area contributed by atoms with Gasteiger partial charge < -0.3 is 5.73 Å². The van der Waals surface area contributed by atoms with E-state index in [4.69, 9.17) is 17.3 Å². The summed E-state index contributed by atoms with van der Waals surface area (Å²) in [6.07, 6.45) is 1.34. The Morgan fingerprint density at radius 3 is 2.88 bits per heavy atom. The van der Waals surface area contributed by atoms with Crippen molar-refractivity contribution in [2.45, 2.75) is 4.90 Å². The van der Waals surface area contributed by atoms with E-state index < -0.39 is 22.5 Å². The molecular weight excluding hydrogens is 338 g/mol. The minimum absolute atomic E-state index is 0.219. The van der Waals surface area contributed by atoms with Crippen LogP contribution >= 0.6 is 27.5 Å². The number of carbonyl (C=O) groups is 1. The largest absolute Gasteiger partial charge is 0.368 e. The number of sulfonamides is 1. The molecule has 1 rings (SSSR count). The standard InChI is InChI=1S/C7H7BrClN3O4S/c8-4-1-5(7(9)11-2-4)17(14,15)12-16-3-6(10)13/h1-2,12H,3H2,(H2,10,13). The van der Waals surface area contributed by atoms with E-state index in [1.54, 1.807) is 4.89 Å². The first-order chi connectivity index (χ1) is 7.83. The van der Waals surface area contributed by atoms with Gasteiger partial charge >= 0.3 is 0 Å². The Bertz CT molecular complexity index is 536. The lowest BCUT2D eigenvalue weighted by molar-refractivity contribution is -0.123. The maximum Gasteiger partial charge on any atom is 0.265 e. The van der Waals surface area contributed by atoms with Gasteiger partial charge in [-0.25, -0.2) is 13.4 Å². The normalized spacial score (nSPS) is 11.4. The number of hydrogen-bond donors (Lipinski definition) is 2. The van der Waals surface area contributed by atoms with Crippen LogP contribution in [0.25, 0.3) is 0 Å². The first-order valence-electron chi connectivity index (χ1n) is 4.06. The molecule has 0 aliphatic rings. The molecule has 0 saturated carbocycles. The Labute approximate surface area is 110 Å². The van der Waals surface area contributed by atoms with Crippen LogP contribution in [-0.4, -0.2) is 25.9 Å². The van der Waals surface area contributed by atoms with E-state index in [2.05, 4.69) is 25.8 Å². The molecule has 0 bridgehead atoms. The van der Waals surface area contributed by atoms with Crippen LogP contribution in [0.1, 0.15) is 0 Å². The molecule has 0 saturated heterocycles. The van der Waals surface area contributed by atoms with E-state index in [9.17, 15) is 13.2 Å². The van der Waals surface area contributed by atoms with Crippen LogP contribution in [0, 0.1) is 0 Å². The Balaban J connectivity index is 2.89. The summed E-state index contributed by atoms with van der Waals surface area (Å²) in [4.78, 5) is 19.8. The van der Waals surface area contributed by atoms with E-state index in [1.165, 1.54) is 12.3 Å². The third kappa shape index (κ3) is 4.21. The van der Waals surface area contributed by atoms with Gasteiger partial charge in [-0.15, -0.1) is 0 Å². The molecule has 7 nitrogen and oxygen atoms in total. The zero-order valence-corrected chi connectivity index (χ0v) is 11.3. The van der Waals surface area contributed by atoms with Crippen LogP contribution in [0.2, 0.25) is 5.15 Å². The van der Waals surface area contributed by atoms with Crippen LogP contribution in [0.4, 0.5) is 0 Å². The molecular formula is C7H7BrClN3O4S. The van der Waals surface area contributed by atoms with Crippen molar-refractivity contribution < 1.29 is 18.0 Å². The van der Waals surface area contributed by atoms with Crippen molar-refractivity contribution in [1.82, 2.24) is 9.87 Å². The van der Waals surface area contributed by atoms with Crippen molar-refractivity contribution in [3.8, 4) is 0 Å². The highest BCUT2D eigenvalue weighted by atomic mass is 79.9. The second kappa shape index (κ2) is 5.74. The average Bonchev–Trinajstić information content (AvgIpc) is 2.20. The van der Waals surface area contributed by atoms with Gasteiger partial charge in [-0.05, 0) is 22.0 Å². The SMILES string of the molecule is NC(=O)CONS(=O)(=O)c1cc(Br)cnc1Cl. The quantitative estimate of drug-likeness (QED) is 0.585. The highest BCUT2D eigenvalue weighted by Gasteiger charge is 2.19. The second-order valence-corrected chi connectivity index (χ2v) is 5.67. The summed E-state index contributed by atoms with van der Waals surface area (Å²) in [5.41, 5.74) is 4.77. The number of halogens is 2. The van der Waals surface area contributed by atoms with Gasteiger partial charge in [0.1, 0.15) is 16.7 Å². The van der Waals surface area contributed by atoms with Gasteiger partial charge in [0.15, 0.2) is 0 Å². The smallest absolute Gasteiger partial charge is 0.265 e. The molecule has 3 N–H and O–H groups in total. The van der Waals surface area contributed by atoms with E-state index in [0.717, 1.165) is 0 Å². The highest BCUT2D eigenvalue weighted by Crippen LogP contribution is 2.22. The van der Waals surface area contributed by atoms with Crippen molar-refractivity contribution >= 4 is 43.5 Å². The fourth-order valence-electron chi connectivity index (χ4n) is 0.816. The lowest BCUT2D eigenvalue weighted by Gasteiger charge is -2.07. The summed E-state index contributed by atoms with van der Waals surface area (Å²) in [5, 5.41) is -0.219. The molecule has 94 valence electrons. The van der Waals surface area contributed by atoms with Gasteiger partial charge in [-0.3, -0.25) is 9.63 Å². The molecule has 1 heterocycles. The van der Waals surface area contributed by atoms with Gasteiger partial charge in [0.25, 0.3) is 10.0 Å². The van der Waals surface area contributed by atoms with Crippen molar-refractivity contribution in [3.05, 3.63) is 21.9 Å². The molecule has 0 aliphatic carbocycles. The Kier molecular flexibility index (Phi) is 4.83. The first kappa shape index (κ1) is 14.3. The fourth-order valence-corrected chi connectivity index (χ4v) is 2.57. The molecule has 1 amide bonds. The van der Waals surface area contributed by atoms with Crippen LogP contribution in [-0.2, 0) is 19.7 Å². The lowest BCUT2D eigenvalue weighted by Crippen LogP contribution is -2.29. The number of hydrogen-bond acceptors (Lipinski definition) is 5. The molecule has 0 unspecified atom stereocenters. The molecule has 1 aromatic heterocycles. The number of nitrogens with zero attached hydrogens (tertiary/aromatic N) is 1. The molecule has 0 spiro atoms. The molecule has 0 fully saturated rings. The van der Waals surface area contributed by atoms with Gasteiger partial charge in [-0.1, -0.05) is 16.5 Å². The van der Waals surface area contributed by atoms with Crippen LogP contribution in [0.5, 0.6) is 0 Å². The minimum Gasteiger partial charge on any atom is -0.368 e. The number of amides is 1. The second-order valence-electron chi connectivity index (χ2n) is 2.78. The number of nitrogens with two attached hydrogens (primary N) is 1. The van der Waals surface area contributed by atoms with Gasteiger partial charge in [0, 0.05) is 10.7 Å². The third-order valence-electron chi connectivity index (χ3n) is 1.45. The van der Waals surface area contributed by atoms with Gasteiger partial charge in [-0.2, -0.15) is 0 Å². The summed E-state index contributed by atoms with van der Waals surface area (Å²) in [7, 11) is -4.01. The zero-order valence-electron chi connectivity index (χ0n) is 8.18. The van der Waals surface area contributed by atoms with Crippen LogP contribution < -0.4 is 10.6 Å². The van der Waals surface area contributed by atoms with Gasteiger partial charge in [0.2, 0.25) is 5.91 Å². The molecule has 10 heteroatoms. The predicted molar refractivity (Wildman–Crippen MR) is 62.4 cm³/mol. The summed E-state index contributed by atoms with van der Waals surface area (Å²) >= 11 is 8.68. The number of nitrogens with one attached hydrogen (secondary N) is 1. The maximum absolute atomic E-state index is 11.7. The van der Waals surface area contributed by atoms with Gasteiger partial charge in [0.05, 0.1) is 0 Å².